The molecule has 0 fully saturated rings. The van der Waals surface area contributed by atoms with Gasteiger partial charge in [-0.1, -0.05) is 63.9 Å². The van der Waals surface area contributed by atoms with Gasteiger partial charge in [0.05, 0.1) is 10.6 Å². The van der Waals surface area contributed by atoms with E-state index in [1.807, 2.05) is 24.3 Å². The quantitative estimate of drug-likeness (QED) is 0.346. The van der Waals surface area contributed by atoms with E-state index in [-0.39, 0.29) is 17.3 Å². The van der Waals surface area contributed by atoms with Crippen LogP contribution in [0.1, 0.15) is 25.0 Å². The normalized spacial score (nSPS) is 12.0. The van der Waals surface area contributed by atoms with Gasteiger partial charge in [-0.2, -0.15) is 0 Å². The van der Waals surface area contributed by atoms with Crippen LogP contribution >= 0.6 is 27.5 Å². The van der Waals surface area contributed by atoms with Crippen molar-refractivity contribution in [2.24, 2.45) is 0 Å². The Morgan fingerprint density at radius 3 is 2.27 bits per heavy atom. The van der Waals surface area contributed by atoms with E-state index in [0.29, 0.717) is 22.8 Å². The minimum absolute atomic E-state index is 0.0402. The van der Waals surface area contributed by atoms with E-state index in [1.165, 1.54) is 17.0 Å². The molecule has 0 bridgehead atoms. The monoisotopic (exact) mass is 605 g/mol. The van der Waals surface area contributed by atoms with Gasteiger partial charge in [0.2, 0.25) is 11.8 Å². The molecule has 0 aromatic heterocycles. The smallest absolute Gasteiger partial charge is 0.264 e. The SMILES string of the molecule is CCNC(=O)[C@@H](C)N(Cc1ccc(Br)cc1)C(=O)CN(c1cccc(Cl)c1C)S(=O)(=O)c1ccccc1. The van der Waals surface area contributed by atoms with E-state index in [9.17, 15) is 18.0 Å². The predicted octanol–water partition coefficient (Wildman–Crippen LogP) is 5.16. The highest BCUT2D eigenvalue weighted by Gasteiger charge is 2.33. The fourth-order valence-electron chi connectivity index (χ4n) is 3.79. The Morgan fingerprint density at radius 2 is 1.65 bits per heavy atom. The highest BCUT2D eigenvalue weighted by atomic mass is 79.9. The van der Waals surface area contributed by atoms with Crippen LogP contribution in [-0.2, 0) is 26.2 Å². The van der Waals surface area contributed by atoms with Crippen molar-refractivity contribution in [3.8, 4) is 0 Å². The number of nitrogens with one attached hydrogen (secondary N) is 1. The minimum atomic E-state index is -4.14. The van der Waals surface area contributed by atoms with E-state index >= 15 is 0 Å². The van der Waals surface area contributed by atoms with Crippen molar-refractivity contribution in [3.63, 3.8) is 0 Å². The van der Waals surface area contributed by atoms with Gasteiger partial charge in [-0.05, 0) is 68.3 Å². The number of hydrogen-bond acceptors (Lipinski definition) is 4. The molecule has 0 heterocycles. The molecule has 0 saturated carbocycles. The highest BCUT2D eigenvalue weighted by Crippen LogP contribution is 2.31. The fourth-order valence-corrected chi connectivity index (χ4v) is 5.72. The molecule has 0 saturated heterocycles. The molecule has 1 atom stereocenters. The molecule has 0 spiro atoms. The molecule has 0 unspecified atom stereocenters. The number of halogens is 2. The summed E-state index contributed by atoms with van der Waals surface area (Å²) in [4.78, 5) is 28.0. The molecule has 196 valence electrons. The van der Waals surface area contributed by atoms with E-state index < -0.39 is 28.5 Å². The second kappa shape index (κ2) is 12.6. The number of carbonyl (C=O) groups is 2. The van der Waals surface area contributed by atoms with Gasteiger partial charge in [0.1, 0.15) is 12.6 Å². The molecule has 3 aromatic rings. The third-order valence-corrected chi connectivity index (χ3v) is 8.61. The van der Waals surface area contributed by atoms with E-state index in [0.717, 1.165) is 14.3 Å². The summed E-state index contributed by atoms with van der Waals surface area (Å²) in [5, 5.41) is 3.12. The first-order valence-corrected chi connectivity index (χ1v) is 14.3. The third-order valence-electron chi connectivity index (χ3n) is 5.90. The summed E-state index contributed by atoms with van der Waals surface area (Å²) in [7, 11) is -4.14. The van der Waals surface area contributed by atoms with Gasteiger partial charge in [-0.25, -0.2) is 8.42 Å². The van der Waals surface area contributed by atoms with Crippen LogP contribution < -0.4 is 9.62 Å². The molecule has 0 radical (unpaired) electrons. The molecule has 1 N–H and O–H groups in total. The predicted molar refractivity (Wildman–Crippen MR) is 150 cm³/mol. The van der Waals surface area contributed by atoms with Crippen molar-refractivity contribution in [3.05, 3.63) is 93.4 Å². The molecule has 3 rings (SSSR count). The number of sulfonamides is 1. The molecular formula is C27H29BrClN3O4S. The maximum absolute atomic E-state index is 13.8. The van der Waals surface area contributed by atoms with Crippen LogP contribution in [0.2, 0.25) is 5.02 Å². The topological polar surface area (TPSA) is 86.8 Å². The number of anilines is 1. The molecule has 0 aliphatic rings. The van der Waals surface area contributed by atoms with Crippen LogP contribution in [0.4, 0.5) is 5.69 Å². The third kappa shape index (κ3) is 6.91. The van der Waals surface area contributed by atoms with Crippen molar-refractivity contribution in [1.29, 1.82) is 0 Å². The second-order valence-corrected chi connectivity index (χ2v) is 11.6. The summed E-state index contributed by atoms with van der Waals surface area (Å²) in [6, 6.07) is 19.4. The molecule has 0 aliphatic carbocycles. The van der Waals surface area contributed by atoms with Crippen LogP contribution in [0.15, 0.2) is 82.2 Å². The summed E-state index contributed by atoms with van der Waals surface area (Å²) in [5.74, 6) is -0.857. The Hall–Kier alpha value is -2.88. The Bertz CT molecular complexity index is 1350. The maximum Gasteiger partial charge on any atom is 0.264 e. The van der Waals surface area contributed by atoms with Crippen molar-refractivity contribution >= 4 is 55.1 Å². The van der Waals surface area contributed by atoms with Crippen molar-refractivity contribution in [2.75, 3.05) is 17.4 Å². The summed E-state index contributed by atoms with van der Waals surface area (Å²) < 4.78 is 29.5. The molecule has 3 aromatic carbocycles. The van der Waals surface area contributed by atoms with E-state index in [1.54, 1.807) is 57.2 Å². The number of rotatable bonds is 10. The van der Waals surface area contributed by atoms with Gasteiger partial charge in [-0.15, -0.1) is 0 Å². The van der Waals surface area contributed by atoms with Crippen molar-refractivity contribution in [1.82, 2.24) is 10.2 Å². The van der Waals surface area contributed by atoms with Crippen molar-refractivity contribution in [2.45, 2.75) is 38.3 Å². The fraction of sp³-hybridized carbons (Fsp3) is 0.259. The lowest BCUT2D eigenvalue weighted by Crippen LogP contribution is -2.51. The van der Waals surface area contributed by atoms with E-state index in [2.05, 4.69) is 21.2 Å². The number of hydrogen-bond donors (Lipinski definition) is 1. The molecule has 2 amide bonds. The summed E-state index contributed by atoms with van der Waals surface area (Å²) >= 11 is 9.73. The molecule has 7 nitrogen and oxygen atoms in total. The zero-order valence-electron chi connectivity index (χ0n) is 20.8. The van der Waals surface area contributed by atoms with Gasteiger partial charge in [0.25, 0.3) is 10.0 Å². The van der Waals surface area contributed by atoms with Crippen LogP contribution in [0.25, 0.3) is 0 Å². The number of likely N-dealkylation sites (N-methyl/N-ethyl adjacent to an activating group) is 1. The lowest BCUT2D eigenvalue weighted by Gasteiger charge is -2.32. The van der Waals surface area contributed by atoms with Crippen LogP contribution in [0, 0.1) is 6.92 Å². The van der Waals surface area contributed by atoms with Crippen LogP contribution in [-0.4, -0.2) is 44.3 Å². The molecule has 10 heteroatoms. The van der Waals surface area contributed by atoms with Gasteiger partial charge in [0.15, 0.2) is 0 Å². The van der Waals surface area contributed by atoms with Gasteiger partial charge >= 0.3 is 0 Å². The average molecular weight is 607 g/mol. The zero-order chi connectivity index (χ0) is 27.2. The number of carbonyl (C=O) groups excluding carboxylic acids is 2. The minimum Gasteiger partial charge on any atom is -0.355 e. The lowest BCUT2D eigenvalue weighted by molar-refractivity contribution is -0.139. The second-order valence-electron chi connectivity index (χ2n) is 8.43. The van der Waals surface area contributed by atoms with Gasteiger partial charge in [0, 0.05) is 22.6 Å². The number of benzene rings is 3. The molecular weight excluding hydrogens is 578 g/mol. The first-order chi connectivity index (χ1) is 17.6. The maximum atomic E-state index is 13.8. The van der Waals surface area contributed by atoms with Gasteiger partial charge < -0.3 is 10.2 Å². The van der Waals surface area contributed by atoms with Crippen LogP contribution in [0.5, 0.6) is 0 Å². The number of amides is 2. The zero-order valence-corrected chi connectivity index (χ0v) is 24.0. The largest absolute Gasteiger partial charge is 0.355 e. The Balaban J connectivity index is 2.06. The average Bonchev–Trinajstić information content (AvgIpc) is 2.88. The lowest BCUT2D eigenvalue weighted by atomic mass is 10.1. The Labute approximate surface area is 231 Å². The summed E-state index contributed by atoms with van der Waals surface area (Å²) in [6.07, 6.45) is 0. The highest BCUT2D eigenvalue weighted by molar-refractivity contribution is 9.10. The standard InChI is InChI=1S/C27H29BrClN3O4S/c1-4-30-27(34)20(3)31(17-21-13-15-22(28)16-14-21)26(33)18-32(25-12-8-11-24(29)19(25)2)37(35,36)23-9-6-5-7-10-23/h5-16,20H,4,17-18H2,1-3H3,(H,30,34)/t20-/m1/s1. The van der Waals surface area contributed by atoms with E-state index in [4.69, 9.17) is 11.6 Å². The Kier molecular flexibility index (Phi) is 9.75. The first-order valence-electron chi connectivity index (χ1n) is 11.7. The first kappa shape index (κ1) is 28.7. The number of nitrogens with zero attached hydrogens (tertiary/aromatic N) is 2. The summed E-state index contributed by atoms with van der Waals surface area (Å²) in [6.45, 7) is 5.13. The van der Waals surface area contributed by atoms with Gasteiger partial charge in [-0.3, -0.25) is 13.9 Å². The molecule has 0 aliphatic heterocycles. The van der Waals surface area contributed by atoms with Crippen LogP contribution in [0.3, 0.4) is 0 Å². The summed E-state index contributed by atoms with van der Waals surface area (Å²) in [5.41, 5.74) is 1.61. The Morgan fingerprint density at radius 1 is 1.00 bits per heavy atom. The molecule has 37 heavy (non-hydrogen) atoms. The van der Waals surface area contributed by atoms with Crippen molar-refractivity contribution < 1.29 is 18.0 Å².